The van der Waals surface area contributed by atoms with E-state index in [4.69, 9.17) is 9.68 Å². The molecular weight excluding hydrogens is 178 g/mol. The highest BCUT2D eigenvalue weighted by atomic mass is 16.9. The normalized spacial score (nSPS) is 8.29. The Morgan fingerprint density at radius 3 is 2.00 bits per heavy atom. The quantitative estimate of drug-likeness (QED) is 0.369. The van der Waals surface area contributed by atoms with Gasteiger partial charge in [0, 0.05) is 19.1 Å². The predicted octanol–water partition coefficient (Wildman–Crippen LogP) is 2.30. The second-order valence-electron chi connectivity index (χ2n) is 2.65. The van der Waals surface area contributed by atoms with Gasteiger partial charge in [0.15, 0.2) is 0 Å². The highest BCUT2D eigenvalue weighted by Crippen LogP contribution is 1.99. The number of hydrogen-bond acceptors (Lipinski definition) is 3. The van der Waals surface area contributed by atoms with Gasteiger partial charge in [-0.15, -0.1) is 0 Å². The van der Waals surface area contributed by atoms with Gasteiger partial charge in [-0.25, -0.2) is 0 Å². The first-order valence-corrected chi connectivity index (χ1v) is 4.80. The van der Waals surface area contributed by atoms with Crippen molar-refractivity contribution < 1.29 is 9.68 Å². The second kappa shape index (κ2) is 9.77. The summed E-state index contributed by atoms with van der Waals surface area (Å²) in [6.07, 6.45) is 8.24. The molecule has 0 aromatic rings. The molecule has 0 aromatic heterocycles. The third kappa shape index (κ3) is 7.34. The average Bonchev–Trinajstić information content (AvgIpc) is 2.21. The summed E-state index contributed by atoms with van der Waals surface area (Å²) in [7, 11) is 0. The molecule has 0 aromatic carbocycles. The summed E-state index contributed by atoms with van der Waals surface area (Å²) < 4.78 is 0. The minimum atomic E-state index is 0.678. The van der Waals surface area contributed by atoms with Crippen LogP contribution in [0.1, 0.15) is 40.0 Å². The Balaban J connectivity index is 3.79. The lowest BCUT2D eigenvalue weighted by Gasteiger charge is -2.13. The van der Waals surface area contributed by atoms with Crippen molar-refractivity contribution >= 4 is 0 Å². The Bertz CT molecular complexity index is 219. The van der Waals surface area contributed by atoms with Crippen LogP contribution in [0, 0.1) is 24.1 Å². The van der Waals surface area contributed by atoms with Crippen molar-refractivity contribution in [3.63, 3.8) is 0 Å². The molecule has 0 atom stereocenters. The summed E-state index contributed by atoms with van der Waals surface area (Å²) in [5.41, 5.74) is 0. The largest absolute Gasteiger partial charge is 0.317 e. The molecule has 0 N–H and O–H groups in total. The van der Waals surface area contributed by atoms with Crippen LogP contribution in [0.3, 0.4) is 0 Å². The molecule has 0 saturated heterocycles. The van der Waals surface area contributed by atoms with Crippen molar-refractivity contribution in [3.05, 3.63) is 0 Å². The highest BCUT2D eigenvalue weighted by molar-refractivity contribution is 4.86. The molecule has 0 saturated carbocycles. The van der Waals surface area contributed by atoms with Crippen LogP contribution in [0.15, 0.2) is 0 Å². The molecule has 0 aliphatic rings. The number of unbranched alkanes of at least 4 members (excludes halogenated alkanes) is 2. The summed E-state index contributed by atoms with van der Waals surface area (Å²) in [4.78, 5) is 9.97. The third-order valence-corrected chi connectivity index (χ3v) is 1.44. The Hall–Kier alpha value is -1.32. The van der Waals surface area contributed by atoms with Crippen molar-refractivity contribution in [3.8, 4) is 24.1 Å². The van der Waals surface area contributed by atoms with E-state index in [2.05, 4.69) is 31.0 Å². The van der Waals surface area contributed by atoms with Crippen molar-refractivity contribution in [2.75, 3.05) is 6.54 Å². The maximum Gasteiger partial charge on any atom is 0.142 e. The first kappa shape index (κ1) is 12.7. The van der Waals surface area contributed by atoms with Gasteiger partial charge in [-0.1, -0.05) is 31.6 Å². The molecule has 3 nitrogen and oxygen atoms in total. The standard InChI is InChI=1S/C11H17NO2/c1-4-7-8-9-12(13-10-5-2)14-11-6-3/h4,7-9H2,1-3H3. The van der Waals surface area contributed by atoms with E-state index in [1.54, 1.807) is 13.8 Å². The van der Waals surface area contributed by atoms with Gasteiger partial charge in [0.05, 0.1) is 6.54 Å². The van der Waals surface area contributed by atoms with Crippen LogP contribution < -0.4 is 0 Å². The summed E-state index contributed by atoms with van der Waals surface area (Å²) in [5.74, 6) is 5.25. The minimum absolute atomic E-state index is 0.678. The first-order chi connectivity index (χ1) is 6.85. The highest BCUT2D eigenvalue weighted by Gasteiger charge is 2.03. The lowest BCUT2D eigenvalue weighted by Crippen LogP contribution is -2.21. The summed E-state index contributed by atoms with van der Waals surface area (Å²) in [5, 5.41) is 1.31. The first-order valence-electron chi connectivity index (χ1n) is 4.80. The van der Waals surface area contributed by atoms with E-state index >= 15 is 0 Å². The van der Waals surface area contributed by atoms with Crippen LogP contribution in [0.25, 0.3) is 0 Å². The van der Waals surface area contributed by atoms with Gasteiger partial charge in [-0.3, -0.25) is 0 Å². The molecule has 0 bridgehead atoms. The zero-order valence-electron chi connectivity index (χ0n) is 9.09. The van der Waals surface area contributed by atoms with E-state index in [1.165, 1.54) is 5.23 Å². The maximum absolute atomic E-state index is 4.99. The van der Waals surface area contributed by atoms with Crippen LogP contribution in [-0.4, -0.2) is 11.8 Å². The average molecular weight is 195 g/mol. The van der Waals surface area contributed by atoms with Crippen molar-refractivity contribution in [1.29, 1.82) is 0 Å². The summed E-state index contributed by atoms with van der Waals surface area (Å²) in [6, 6.07) is 0. The van der Waals surface area contributed by atoms with Gasteiger partial charge in [0.25, 0.3) is 0 Å². The summed E-state index contributed by atoms with van der Waals surface area (Å²) in [6.45, 7) is 6.23. The molecule has 0 unspecified atom stereocenters. The van der Waals surface area contributed by atoms with Gasteiger partial charge in [0.1, 0.15) is 12.2 Å². The fourth-order valence-corrected chi connectivity index (χ4v) is 0.794. The molecule has 0 aliphatic carbocycles. The zero-order chi connectivity index (χ0) is 10.6. The lowest BCUT2D eigenvalue weighted by atomic mass is 10.2. The van der Waals surface area contributed by atoms with E-state index < -0.39 is 0 Å². The fraction of sp³-hybridized carbons (Fsp3) is 0.636. The van der Waals surface area contributed by atoms with Gasteiger partial charge in [-0.05, 0) is 6.42 Å². The van der Waals surface area contributed by atoms with Crippen LogP contribution in [-0.2, 0) is 9.68 Å². The molecule has 0 spiro atoms. The second-order valence-corrected chi connectivity index (χ2v) is 2.65. The number of nitrogens with zero attached hydrogens (tertiary/aromatic N) is 1. The Morgan fingerprint density at radius 1 is 1.00 bits per heavy atom. The molecule has 0 aliphatic heterocycles. The molecule has 0 heterocycles. The minimum Gasteiger partial charge on any atom is -0.317 e. The van der Waals surface area contributed by atoms with E-state index in [1.807, 2.05) is 0 Å². The number of rotatable bonds is 6. The van der Waals surface area contributed by atoms with Crippen LogP contribution in [0.2, 0.25) is 0 Å². The van der Waals surface area contributed by atoms with E-state index in [0.29, 0.717) is 6.54 Å². The lowest BCUT2D eigenvalue weighted by molar-refractivity contribution is -0.297. The van der Waals surface area contributed by atoms with E-state index in [9.17, 15) is 0 Å². The van der Waals surface area contributed by atoms with Gasteiger partial charge in [0.2, 0.25) is 0 Å². The van der Waals surface area contributed by atoms with Crippen molar-refractivity contribution in [1.82, 2.24) is 5.23 Å². The SMILES string of the molecule is CC#CON(CCCCC)OC#CC. The molecule has 0 fully saturated rings. The Morgan fingerprint density at radius 2 is 1.57 bits per heavy atom. The molecular formula is C11H17NO2. The Labute approximate surface area is 86.3 Å². The van der Waals surface area contributed by atoms with Gasteiger partial charge >= 0.3 is 0 Å². The van der Waals surface area contributed by atoms with Gasteiger partial charge in [-0.2, -0.15) is 0 Å². The molecule has 14 heavy (non-hydrogen) atoms. The summed E-state index contributed by atoms with van der Waals surface area (Å²) >= 11 is 0. The van der Waals surface area contributed by atoms with Crippen molar-refractivity contribution in [2.24, 2.45) is 0 Å². The fourth-order valence-electron chi connectivity index (χ4n) is 0.794. The predicted molar refractivity (Wildman–Crippen MR) is 55.3 cm³/mol. The Kier molecular flexibility index (Phi) is 8.84. The monoisotopic (exact) mass is 195 g/mol. The van der Waals surface area contributed by atoms with Crippen LogP contribution >= 0.6 is 0 Å². The topological polar surface area (TPSA) is 21.7 Å². The van der Waals surface area contributed by atoms with Crippen molar-refractivity contribution in [2.45, 2.75) is 40.0 Å². The molecule has 0 radical (unpaired) electrons. The van der Waals surface area contributed by atoms with Gasteiger partial charge < -0.3 is 9.68 Å². The maximum atomic E-state index is 4.99. The molecule has 0 amide bonds. The zero-order valence-corrected chi connectivity index (χ0v) is 9.09. The molecule has 0 rings (SSSR count). The molecule has 78 valence electrons. The van der Waals surface area contributed by atoms with E-state index in [-0.39, 0.29) is 0 Å². The van der Waals surface area contributed by atoms with Crippen LogP contribution in [0.4, 0.5) is 0 Å². The third-order valence-electron chi connectivity index (χ3n) is 1.44. The number of hydroxylamine groups is 2. The van der Waals surface area contributed by atoms with Crippen LogP contribution in [0.5, 0.6) is 0 Å². The smallest absolute Gasteiger partial charge is 0.142 e. The van der Waals surface area contributed by atoms with E-state index in [0.717, 1.165) is 19.3 Å². The molecule has 3 heteroatoms. The number of hydrogen-bond donors (Lipinski definition) is 0.